The number of hydrogen-bond donors (Lipinski definition) is 1. The minimum atomic E-state index is -0.0849. The third-order valence-corrected chi connectivity index (χ3v) is 3.41. The van der Waals surface area contributed by atoms with Crippen LogP contribution in [0.25, 0.3) is 0 Å². The predicted molar refractivity (Wildman–Crippen MR) is 84.8 cm³/mol. The molecule has 0 aliphatic carbocycles. The summed E-state index contributed by atoms with van der Waals surface area (Å²) in [5, 5.41) is 3.01. The molecule has 0 fully saturated rings. The number of carbonyl (C=O) groups excluding carboxylic acids is 1. The zero-order valence-corrected chi connectivity index (χ0v) is 13.0. The van der Waals surface area contributed by atoms with Crippen LogP contribution in [0, 0.1) is 13.8 Å². The molecule has 1 unspecified atom stereocenters. The Morgan fingerprint density at radius 3 is 2.52 bits per heavy atom. The molecule has 1 atom stereocenters. The topological polar surface area (TPSA) is 45.5 Å². The van der Waals surface area contributed by atoms with Crippen LogP contribution in [0.4, 0.5) is 5.69 Å². The van der Waals surface area contributed by atoms with Crippen LogP contribution in [0.3, 0.4) is 0 Å². The summed E-state index contributed by atoms with van der Waals surface area (Å²) >= 11 is 0. The van der Waals surface area contributed by atoms with E-state index in [0.717, 1.165) is 18.0 Å². The Morgan fingerprint density at radius 2 is 1.95 bits per heavy atom. The first-order valence-corrected chi connectivity index (χ1v) is 7.11. The minimum absolute atomic E-state index is 0.0392. The highest BCUT2D eigenvalue weighted by Gasteiger charge is 2.16. The molecule has 1 amide bonds. The zero-order chi connectivity index (χ0) is 15.4. The van der Waals surface area contributed by atoms with E-state index in [1.807, 2.05) is 46.0 Å². The lowest BCUT2D eigenvalue weighted by Crippen LogP contribution is -2.40. The second-order valence-corrected chi connectivity index (χ2v) is 5.42. The molecule has 2 aromatic rings. The quantitative estimate of drug-likeness (QED) is 0.918. The van der Waals surface area contributed by atoms with E-state index in [-0.39, 0.29) is 11.9 Å². The molecule has 0 spiro atoms. The third-order valence-electron chi connectivity index (χ3n) is 3.41. The molecule has 1 aromatic heterocycles. The van der Waals surface area contributed by atoms with Gasteiger partial charge in [0.15, 0.2) is 0 Å². The van der Waals surface area contributed by atoms with Crippen molar-refractivity contribution in [1.82, 2.24) is 5.32 Å². The van der Waals surface area contributed by atoms with Crippen molar-refractivity contribution < 1.29 is 9.21 Å². The average molecular weight is 286 g/mol. The monoisotopic (exact) mass is 286 g/mol. The van der Waals surface area contributed by atoms with Crippen LogP contribution in [0.2, 0.25) is 0 Å². The van der Waals surface area contributed by atoms with Crippen molar-refractivity contribution >= 4 is 11.6 Å². The second kappa shape index (κ2) is 6.48. The molecule has 0 saturated heterocycles. The molecule has 2 rings (SSSR count). The van der Waals surface area contributed by atoms with Crippen molar-refractivity contribution in [3.63, 3.8) is 0 Å². The molecule has 4 heteroatoms. The van der Waals surface area contributed by atoms with Gasteiger partial charge in [-0.25, -0.2) is 0 Å². The SMILES string of the molecule is Cc1cc(C(=O)NC(C)CN(C)c2ccccc2)c(C)o1. The largest absolute Gasteiger partial charge is 0.466 e. The highest BCUT2D eigenvalue weighted by molar-refractivity contribution is 5.95. The van der Waals surface area contributed by atoms with Gasteiger partial charge in [-0.15, -0.1) is 0 Å². The van der Waals surface area contributed by atoms with E-state index in [1.54, 1.807) is 6.07 Å². The zero-order valence-electron chi connectivity index (χ0n) is 13.0. The average Bonchev–Trinajstić information content (AvgIpc) is 2.78. The minimum Gasteiger partial charge on any atom is -0.466 e. The Morgan fingerprint density at radius 1 is 1.29 bits per heavy atom. The van der Waals surface area contributed by atoms with E-state index in [4.69, 9.17) is 4.42 Å². The van der Waals surface area contributed by atoms with Gasteiger partial charge in [0, 0.05) is 25.3 Å². The number of furan rings is 1. The summed E-state index contributed by atoms with van der Waals surface area (Å²) in [6, 6.07) is 11.9. The van der Waals surface area contributed by atoms with Crippen molar-refractivity contribution in [3.05, 3.63) is 53.5 Å². The maximum absolute atomic E-state index is 12.2. The predicted octanol–water partition coefficient (Wildman–Crippen LogP) is 3.15. The molecule has 0 aliphatic heterocycles. The van der Waals surface area contributed by atoms with Gasteiger partial charge >= 0.3 is 0 Å². The summed E-state index contributed by atoms with van der Waals surface area (Å²) in [5.74, 6) is 1.33. The maximum Gasteiger partial charge on any atom is 0.255 e. The summed E-state index contributed by atoms with van der Waals surface area (Å²) in [5.41, 5.74) is 1.75. The highest BCUT2D eigenvalue weighted by Crippen LogP contribution is 2.14. The number of aryl methyl sites for hydroxylation is 2. The Hall–Kier alpha value is -2.23. The fourth-order valence-corrected chi connectivity index (χ4v) is 2.40. The Kier molecular flexibility index (Phi) is 4.68. The van der Waals surface area contributed by atoms with E-state index >= 15 is 0 Å². The number of benzene rings is 1. The van der Waals surface area contributed by atoms with E-state index < -0.39 is 0 Å². The van der Waals surface area contributed by atoms with Crippen LogP contribution >= 0.6 is 0 Å². The molecule has 4 nitrogen and oxygen atoms in total. The van der Waals surface area contributed by atoms with Gasteiger partial charge in [-0.1, -0.05) is 18.2 Å². The van der Waals surface area contributed by atoms with Crippen LogP contribution in [-0.2, 0) is 0 Å². The maximum atomic E-state index is 12.2. The molecule has 1 aromatic carbocycles. The van der Waals surface area contributed by atoms with Gasteiger partial charge in [-0.3, -0.25) is 4.79 Å². The molecule has 112 valence electrons. The highest BCUT2D eigenvalue weighted by atomic mass is 16.3. The number of likely N-dealkylation sites (N-methyl/N-ethyl adjacent to an activating group) is 1. The number of anilines is 1. The Balaban J connectivity index is 1.94. The first kappa shape index (κ1) is 15.2. The standard InChI is InChI=1S/C17H22N2O2/c1-12(11-19(4)15-8-6-5-7-9-15)18-17(20)16-10-13(2)21-14(16)3/h5-10,12H,11H2,1-4H3,(H,18,20). The number of amides is 1. The van der Waals surface area contributed by atoms with Crippen molar-refractivity contribution in [3.8, 4) is 0 Å². The summed E-state index contributed by atoms with van der Waals surface area (Å²) < 4.78 is 5.40. The van der Waals surface area contributed by atoms with Gasteiger partial charge in [0.05, 0.1) is 5.56 Å². The van der Waals surface area contributed by atoms with Gasteiger partial charge in [0.25, 0.3) is 5.91 Å². The number of nitrogens with one attached hydrogen (secondary N) is 1. The van der Waals surface area contributed by atoms with Crippen molar-refractivity contribution in [2.75, 3.05) is 18.5 Å². The van der Waals surface area contributed by atoms with Crippen LogP contribution in [0.15, 0.2) is 40.8 Å². The second-order valence-electron chi connectivity index (χ2n) is 5.42. The summed E-state index contributed by atoms with van der Waals surface area (Å²) in [6.07, 6.45) is 0. The normalized spacial score (nSPS) is 12.0. The number of para-hydroxylation sites is 1. The molecular weight excluding hydrogens is 264 g/mol. The van der Waals surface area contributed by atoms with Gasteiger partial charge in [-0.05, 0) is 39.0 Å². The number of rotatable bonds is 5. The molecular formula is C17H22N2O2. The number of carbonyl (C=O) groups is 1. The third kappa shape index (κ3) is 3.88. The lowest BCUT2D eigenvalue weighted by Gasteiger charge is -2.24. The smallest absolute Gasteiger partial charge is 0.255 e. The van der Waals surface area contributed by atoms with Crippen LogP contribution in [-0.4, -0.2) is 25.5 Å². The van der Waals surface area contributed by atoms with E-state index in [1.165, 1.54) is 0 Å². The number of hydrogen-bond acceptors (Lipinski definition) is 3. The lowest BCUT2D eigenvalue weighted by atomic mass is 10.2. The van der Waals surface area contributed by atoms with E-state index in [0.29, 0.717) is 11.3 Å². The summed E-state index contributed by atoms with van der Waals surface area (Å²) in [7, 11) is 2.02. The molecule has 1 N–H and O–H groups in total. The fourth-order valence-electron chi connectivity index (χ4n) is 2.40. The number of nitrogens with zero attached hydrogens (tertiary/aromatic N) is 1. The van der Waals surface area contributed by atoms with Crippen LogP contribution in [0.5, 0.6) is 0 Å². The molecule has 0 radical (unpaired) electrons. The summed E-state index contributed by atoms with van der Waals surface area (Å²) in [6.45, 7) is 6.39. The van der Waals surface area contributed by atoms with Gasteiger partial charge in [-0.2, -0.15) is 0 Å². The lowest BCUT2D eigenvalue weighted by molar-refractivity contribution is 0.0939. The van der Waals surface area contributed by atoms with E-state index in [9.17, 15) is 4.79 Å². The molecule has 21 heavy (non-hydrogen) atoms. The van der Waals surface area contributed by atoms with Gasteiger partial charge in [0.2, 0.25) is 0 Å². The van der Waals surface area contributed by atoms with Crippen LogP contribution < -0.4 is 10.2 Å². The molecule has 1 heterocycles. The van der Waals surface area contributed by atoms with Gasteiger partial charge < -0.3 is 14.6 Å². The van der Waals surface area contributed by atoms with Gasteiger partial charge in [0.1, 0.15) is 11.5 Å². The fraction of sp³-hybridized carbons (Fsp3) is 0.353. The molecule has 0 bridgehead atoms. The van der Waals surface area contributed by atoms with Crippen molar-refractivity contribution in [2.24, 2.45) is 0 Å². The van der Waals surface area contributed by atoms with Crippen molar-refractivity contribution in [2.45, 2.75) is 26.8 Å². The summed E-state index contributed by atoms with van der Waals surface area (Å²) in [4.78, 5) is 14.3. The first-order valence-electron chi connectivity index (χ1n) is 7.11. The van der Waals surface area contributed by atoms with Crippen LogP contribution in [0.1, 0.15) is 28.8 Å². The van der Waals surface area contributed by atoms with E-state index in [2.05, 4.69) is 22.3 Å². The molecule has 0 aliphatic rings. The Bertz CT molecular complexity index is 605. The molecule has 0 saturated carbocycles. The first-order chi connectivity index (χ1) is 9.97. The Labute approximate surface area is 125 Å². The van der Waals surface area contributed by atoms with Crippen molar-refractivity contribution in [1.29, 1.82) is 0 Å².